The number of benzene rings is 2. The molecular weight excluding hydrogens is 417 g/mol. The molecule has 1 fully saturated rings. The summed E-state index contributed by atoms with van der Waals surface area (Å²) in [7, 11) is 0. The molecule has 0 spiro atoms. The molecule has 2 aromatic rings. The summed E-state index contributed by atoms with van der Waals surface area (Å²) in [6.07, 6.45) is 1.90. The molecule has 6 nitrogen and oxygen atoms in total. The van der Waals surface area contributed by atoms with Gasteiger partial charge in [-0.3, -0.25) is 14.4 Å². The molecule has 3 rings (SSSR count). The van der Waals surface area contributed by atoms with Crippen molar-refractivity contribution in [2.75, 3.05) is 37.8 Å². The van der Waals surface area contributed by atoms with Crippen LogP contribution < -0.4 is 5.32 Å². The summed E-state index contributed by atoms with van der Waals surface area (Å²) in [4.78, 5) is 41.2. The second kappa shape index (κ2) is 9.28. The summed E-state index contributed by atoms with van der Waals surface area (Å²) in [5.74, 6) is -2.10. The van der Waals surface area contributed by atoms with E-state index in [0.717, 1.165) is 4.90 Å². The standard InChI is InChI=1S/C20H19ClFN3O3S/c1-29-15-6-7-16(21)17(12-15)23-18(26)20(28)25-10-8-24(9-11-25)19(27)13-2-4-14(22)5-3-13/h2-7,12H,8-11H2,1H3,(H,23,26). The summed E-state index contributed by atoms with van der Waals surface area (Å²) in [5.41, 5.74) is 0.759. The number of nitrogens with zero attached hydrogens (tertiary/aromatic N) is 2. The van der Waals surface area contributed by atoms with Crippen LogP contribution in [0.25, 0.3) is 0 Å². The molecule has 152 valence electrons. The zero-order chi connectivity index (χ0) is 21.0. The molecule has 3 amide bonds. The molecule has 2 aromatic carbocycles. The summed E-state index contributed by atoms with van der Waals surface area (Å²) in [6, 6.07) is 10.5. The van der Waals surface area contributed by atoms with Crippen LogP contribution in [0.1, 0.15) is 10.4 Å². The van der Waals surface area contributed by atoms with Gasteiger partial charge in [0.2, 0.25) is 0 Å². The van der Waals surface area contributed by atoms with Gasteiger partial charge in [-0.1, -0.05) is 11.6 Å². The van der Waals surface area contributed by atoms with E-state index >= 15 is 0 Å². The van der Waals surface area contributed by atoms with E-state index in [-0.39, 0.29) is 32.1 Å². The molecule has 0 atom stereocenters. The molecule has 1 N–H and O–H groups in total. The highest BCUT2D eigenvalue weighted by atomic mass is 35.5. The third-order valence-electron chi connectivity index (χ3n) is 4.56. The number of hydrogen-bond donors (Lipinski definition) is 1. The van der Waals surface area contributed by atoms with E-state index in [1.54, 1.807) is 17.0 Å². The molecule has 0 radical (unpaired) electrons. The van der Waals surface area contributed by atoms with Gasteiger partial charge in [0.25, 0.3) is 5.91 Å². The Kier molecular flexibility index (Phi) is 6.76. The van der Waals surface area contributed by atoms with Crippen LogP contribution in [0.2, 0.25) is 5.02 Å². The van der Waals surface area contributed by atoms with Gasteiger partial charge in [0.05, 0.1) is 10.7 Å². The molecule has 1 saturated heterocycles. The van der Waals surface area contributed by atoms with Crippen molar-refractivity contribution in [3.05, 3.63) is 58.9 Å². The summed E-state index contributed by atoms with van der Waals surface area (Å²) < 4.78 is 13.0. The molecule has 1 aliphatic heterocycles. The van der Waals surface area contributed by atoms with Crippen molar-refractivity contribution >= 4 is 46.8 Å². The van der Waals surface area contributed by atoms with Gasteiger partial charge < -0.3 is 15.1 Å². The predicted octanol–water partition coefficient (Wildman–Crippen LogP) is 3.12. The number of thioether (sulfide) groups is 1. The molecular formula is C20H19ClFN3O3S. The highest BCUT2D eigenvalue weighted by Crippen LogP contribution is 2.27. The maximum atomic E-state index is 13.0. The van der Waals surface area contributed by atoms with Crippen LogP contribution in [0, 0.1) is 5.82 Å². The highest BCUT2D eigenvalue weighted by molar-refractivity contribution is 7.98. The largest absolute Gasteiger partial charge is 0.335 e. The lowest BCUT2D eigenvalue weighted by Gasteiger charge is -2.34. The summed E-state index contributed by atoms with van der Waals surface area (Å²) in [6.45, 7) is 1.05. The number of anilines is 1. The zero-order valence-corrected chi connectivity index (χ0v) is 17.2. The monoisotopic (exact) mass is 435 g/mol. The molecule has 0 aliphatic carbocycles. The van der Waals surface area contributed by atoms with Crippen LogP contribution in [0.15, 0.2) is 47.4 Å². The molecule has 0 saturated carbocycles. The first kappa shape index (κ1) is 21.1. The Labute approximate surface area is 177 Å². The lowest BCUT2D eigenvalue weighted by molar-refractivity contribution is -0.144. The van der Waals surface area contributed by atoms with Gasteiger partial charge >= 0.3 is 11.8 Å². The number of halogens is 2. The number of piperazine rings is 1. The molecule has 0 aromatic heterocycles. The van der Waals surface area contributed by atoms with Crippen molar-refractivity contribution in [1.82, 2.24) is 9.80 Å². The van der Waals surface area contributed by atoms with E-state index < -0.39 is 17.6 Å². The number of rotatable bonds is 3. The Morgan fingerprint density at radius 1 is 1.00 bits per heavy atom. The van der Waals surface area contributed by atoms with E-state index in [4.69, 9.17) is 11.6 Å². The molecule has 1 aliphatic rings. The van der Waals surface area contributed by atoms with Gasteiger partial charge in [0.15, 0.2) is 0 Å². The Hall–Kier alpha value is -2.58. The van der Waals surface area contributed by atoms with Crippen molar-refractivity contribution < 1.29 is 18.8 Å². The minimum atomic E-state index is -0.775. The van der Waals surface area contributed by atoms with Crippen molar-refractivity contribution in [3.8, 4) is 0 Å². The SMILES string of the molecule is CSc1ccc(Cl)c(NC(=O)C(=O)N2CCN(C(=O)c3ccc(F)cc3)CC2)c1. The highest BCUT2D eigenvalue weighted by Gasteiger charge is 2.28. The van der Waals surface area contributed by atoms with E-state index in [1.165, 1.54) is 40.9 Å². The van der Waals surface area contributed by atoms with Crippen LogP contribution in [0.3, 0.4) is 0 Å². The van der Waals surface area contributed by atoms with Crippen LogP contribution in [-0.4, -0.2) is 60.0 Å². The van der Waals surface area contributed by atoms with Gasteiger partial charge in [-0.15, -0.1) is 11.8 Å². The lowest BCUT2D eigenvalue weighted by Crippen LogP contribution is -2.53. The fraction of sp³-hybridized carbons (Fsp3) is 0.250. The molecule has 29 heavy (non-hydrogen) atoms. The smallest absolute Gasteiger partial charge is 0.313 e. The molecule has 0 unspecified atom stereocenters. The number of hydrogen-bond acceptors (Lipinski definition) is 4. The van der Waals surface area contributed by atoms with E-state index in [1.807, 2.05) is 12.3 Å². The van der Waals surface area contributed by atoms with Crippen LogP contribution >= 0.6 is 23.4 Å². The van der Waals surface area contributed by atoms with Crippen molar-refractivity contribution in [3.63, 3.8) is 0 Å². The first-order valence-corrected chi connectivity index (χ1v) is 10.5. The second-order valence-electron chi connectivity index (χ2n) is 6.39. The predicted molar refractivity (Wildman–Crippen MR) is 111 cm³/mol. The Bertz CT molecular complexity index is 931. The van der Waals surface area contributed by atoms with Crippen LogP contribution in [0.4, 0.5) is 10.1 Å². The first-order valence-electron chi connectivity index (χ1n) is 8.87. The van der Waals surface area contributed by atoms with Crippen molar-refractivity contribution in [2.45, 2.75) is 4.90 Å². The lowest BCUT2D eigenvalue weighted by atomic mass is 10.1. The van der Waals surface area contributed by atoms with Gasteiger partial charge in [-0.25, -0.2) is 4.39 Å². The average Bonchev–Trinajstić information content (AvgIpc) is 2.75. The van der Waals surface area contributed by atoms with Crippen molar-refractivity contribution in [1.29, 1.82) is 0 Å². The number of carbonyl (C=O) groups is 3. The minimum Gasteiger partial charge on any atom is -0.335 e. The third-order valence-corrected chi connectivity index (χ3v) is 5.62. The van der Waals surface area contributed by atoms with Gasteiger partial charge in [0.1, 0.15) is 5.82 Å². The van der Waals surface area contributed by atoms with Crippen LogP contribution in [0.5, 0.6) is 0 Å². The molecule has 1 heterocycles. The fourth-order valence-electron chi connectivity index (χ4n) is 2.93. The van der Waals surface area contributed by atoms with Gasteiger partial charge in [-0.2, -0.15) is 0 Å². The van der Waals surface area contributed by atoms with E-state index in [0.29, 0.717) is 16.3 Å². The van der Waals surface area contributed by atoms with Gasteiger partial charge in [0, 0.05) is 36.6 Å². The Morgan fingerprint density at radius 2 is 1.62 bits per heavy atom. The second-order valence-corrected chi connectivity index (χ2v) is 7.68. The Morgan fingerprint density at radius 3 is 2.24 bits per heavy atom. The van der Waals surface area contributed by atoms with Gasteiger partial charge in [-0.05, 0) is 48.7 Å². The third kappa shape index (κ3) is 5.07. The fourth-order valence-corrected chi connectivity index (χ4v) is 3.54. The summed E-state index contributed by atoms with van der Waals surface area (Å²) >= 11 is 7.59. The number of carbonyl (C=O) groups excluding carboxylic acids is 3. The van der Waals surface area contributed by atoms with E-state index in [2.05, 4.69) is 5.32 Å². The molecule has 9 heteroatoms. The molecule has 0 bridgehead atoms. The number of nitrogens with one attached hydrogen (secondary N) is 1. The quantitative estimate of drug-likeness (QED) is 0.594. The normalized spacial score (nSPS) is 13.9. The Balaban J connectivity index is 1.57. The van der Waals surface area contributed by atoms with Crippen molar-refractivity contribution in [2.24, 2.45) is 0 Å². The first-order chi connectivity index (χ1) is 13.9. The zero-order valence-electron chi connectivity index (χ0n) is 15.7. The topological polar surface area (TPSA) is 69.7 Å². The average molecular weight is 436 g/mol. The minimum absolute atomic E-state index is 0.234. The van der Waals surface area contributed by atoms with Crippen LogP contribution in [-0.2, 0) is 9.59 Å². The van der Waals surface area contributed by atoms with E-state index in [9.17, 15) is 18.8 Å². The number of amides is 3. The maximum absolute atomic E-state index is 13.0. The maximum Gasteiger partial charge on any atom is 0.313 e. The summed E-state index contributed by atoms with van der Waals surface area (Å²) in [5, 5.41) is 2.90.